The van der Waals surface area contributed by atoms with E-state index in [0.29, 0.717) is 49.4 Å². The number of nitrogen functional groups attached to an aromatic ring is 1. The van der Waals surface area contributed by atoms with Crippen LogP contribution < -0.4 is 21.3 Å². The van der Waals surface area contributed by atoms with Crippen LogP contribution in [0.1, 0.15) is 53.3 Å². The smallest absolute Gasteiger partial charge is 0.253 e. The molecule has 0 radical (unpaired) electrons. The van der Waals surface area contributed by atoms with Crippen LogP contribution in [-0.4, -0.2) is 59.0 Å². The first-order chi connectivity index (χ1) is 16.7. The van der Waals surface area contributed by atoms with Crippen molar-refractivity contribution < 1.29 is 23.9 Å². The van der Waals surface area contributed by atoms with Crippen molar-refractivity contribution in [2.45, 2.75) is 44.2 Å². The molecule has 1 saturated carbocycles. The number of nitrogens with one attached hydrogen (secondary N) is 2. The van der Waals surface area contributed by atoms with Crippen molar-refractivity contribution in [2.75, 3.05) is 30.3 Å². The first-order valence-corrected chi connectivity index (χ1v) is 11.8. The molecule has 9 nitrogen and oxygen atoms in total. The molecule has 186 valence electrons. The van der Waals surface area contributed by atoms with Gasteiger partial charge >= 0.3 is 0 Å². The van der Waals surface area contributed by atoms with Gasteiger partial charge in [-0.1, -0.05) is 6.07 Å². The lowest BCUT2D eigenvalue weighted by molar-refractivity contribution is -0.124. The van der Waals surface area contributed by atoms with Crippen LogP contribution in [0.15, 0.2) is 36.7 Å². The third kappa shape index (κ3) is 5.43. The molecule has 5 N–H and O–H groups in total. The zero-order valence-electron chi connectivity index (χ0n) is 19.6. The third-order valence-electron chi connectivity index (χ3n) is 6.68. The lowest BCUT2D eigenvalue weighted by Gasteiger charge is -2.35. The summed E-state index contributed by atoms with van der Waals surface area (Å²) in [5.74, 6) is -1.67. The maximum atomic E-state index is 14.4. The molecule has 1 aliphatic heterocycles. The summed E-state index contributed by atoms with van der Waals surface area (Å²) in [6.45, 7) is 2.98. The molecule has 2 aromatic rings. The van der Waals surface area contributed by atoms with Gasteiger partial charge in [-0.3, -0.25) is 19.4 Å². The van der Waals surface area contributed by atoms with Crippen LogP contribution in [0.4, 0.5) is 15.8 Å². The van der Waals surface area contributed by atoms with Crippen LogP contribution in [0, 0.1) is 11.7 Å². The summed E-state index contributed by atoms with van der Waals surface area (Å²) in [6.07, 6.45) is 4.19. The Hall–Kier alpha value is -3.53. The van der Waals surface area contributed by atoms with Crippen molar-refractivity contribution in [1.29, 1.82) is 0 Å². The number of carbonyl (C=O) groups is 3. The summed E-state index contributed by atoms with van der Waals surface area (Å²) >= 11 is 0. The summed E-state index contributed by atoms with van der Waals surface area (Å²) < 4.78 is 14.4. The molecule has 0 spiro atoms. The van der Waals surface area contributed by atoms with Crippen molar-refractivity contribution in [3.8, 4) is 0 Å². The molecule has 1 aromatic carbocycles. The van der Waals surface area contributed by atoms with Crippen LogP contribution in [0.2, 0.25) is 0 Å². The number of aliphatic hydroxyl groups is 1. The Morgan fingerprint density at radius 2 is 1.97 bits per heavy atom. The van der Waals surface area contributed by atoms with Crippen LogP contribution >= 0.6 is 0 Å². The Morgan fingerprint density at radius 3 is 2.60 bits per heavy atom. The van der Waals surface area contributed by atoms with Gasteiger partial charge in [0.25, 0.3) is 5.91 Å². The Bertz CT molecular complexity index is 1130. The van der Waals surface area contributed by atoms with Gasteiger partial charge < -0.3 is 26.4 Å². The standard InChI is InChI=1S/C25H30FN5O4/c1-15(32)22(33)21-19(26)3-2-4-20(21)31-9-5-16(6-10-31)12-29-24(35)25(7-8-25)30-23(34)17-11-18(27)14-28-13-17/h2-4,11,13-16,32H,5-10,12,27H2,1H3,(H,29,35)(H,30,34). The van der Waals surface area contributed by atoms with Crippen LogP contribution in [-0.2, 0) is 4.79 Å². The summed E-state index contributed by atoms with van der Waals surface area (Å²) in [5.41, 5.74) is 5.86. The molecule has 35 heavy (non-hydrogen) atoms. The maximum Gasteiger partial charge on any atom is 0.253 e. The minimum atomic E-state index is -1.29. The lowest BCUT2D eigenvalue weighted by atomic mass is 9.94. The Morgan fingerprint density at radius 1 is 1.26 bits per heavy atom. The van der Waals surface area contributed by atoms with Crippen molar-refractivity contribution in [2.24, 2.45) is 5.92 Å². The Kier molecular flexibility index (Phi) is 7.02. The monoisotopic (exact) mass is 483 g/mol. The summed E-state index contributed by atoms with van der Waals surface area (Å²) in [4.78, 5) is 43.6. The van der Waals surface area contributed by atoms with E-state index in [1.807, 2.05) is 4.90 Å². The highest BCUT2D eigenvalue weighted by Gasteiger charge is 2.51. The summed E-state index contributed by atoms with van der Waals surface area (Å²) in [7, 11) is 0. The first kappa shape index (κ1) is 24.6. The van der Waals surface area contributed by atoms with Gasteiger partial charge in [0, 0.05) is 32.0 Å². The molecule has 0 bridgehead atoms. The second-order valence-electron chi connectivity index (χ2n) is 9.36. The number of hydrogen-bond donors (Lipinski definition) is 4. The number of nitrogens with zero attached hydrogens (tertiary/aromatic N) is 2. The minimum Gasteiger partial charge on any atom is -0.397 e. The van der Waals surface area contributed by atoms with Crippen LogP contribution in [0.25, 0.3) is 0 Å². The largest absolute Gasteiger partial charge is 0.397 e. The van der Waals surface area contributed by atoms with Gasteiger partial charge in [-0.05, 0) is 56.7 Å². The van der Waals surface area contributed by atoms with E-state index in [0.717, 1.165) is 12.8 Å². The molecule has 1 atom stereocenters. The number of nitrogens with two attached hydrogens (primary N) is 1. The number of benzene rings is 1. The summed E-state index contributed by atoms with van der Waals surface area (Å²) in [5, 5.41) is 15.5. The van der Waals surface area contributed by atoms with Crippen LogP contribution in [0.3, 0.4) is 0 Å². The molecule has 2 heterocycles. The number of pyridine rings is 1. The quantitative estimate of drug-likeness (QED) is 0.419. The topological polar surface area (TPSA) is 138 Å². The fourth-order valence-corrected chi connectivity index (χ4v) is 4.42. The summed E-state index contributed by atoms with van der Waals surface area (Å²) in [6, 6.07) is 5.98. The van der Waals surface area contributed by atoms with Gasteiger partial charge in [-0.25, -0.2) is 4.39 Å². The zero-order valence-corrected chi connectivity index (χ0v) is 19.6. The maximum absolute atomic E-state index is 14.4. The number of ketones is 1. The second-order valence-corrected chi connectivity index (χ2v) is 9.36. The lowest BCUT2D eigenvalue weighted by Crippen LogP contribution is -2.50. The minimum absolute atomic E-state index is 0.0870. The number of halogens is 1. The fraction of sp³-hybridized carbons (Fsp3) is 0.440. The average Bonchev–Trinajstić information content (AvgIpc) is 3.63. The molecule has 2 fully saturated rings. The van der Waals surface area contributed by atoms with E-state index in [1.165, 1.54) is 31.5 Å². The predicted octanol–water partition coefficient (Wildman–Crippen LogP) is 1.66. The van der Waals surface area contributed by atoms with E-state index >= 15 is 0 Å². The van der Waals surface area contributed by atoms with Gasteiger partial charge in [0.2, 0.25) is 5.91 Å². The molecule has 1 saturated heterocycles. The molecular weight excluding hydrogens is 453 g/mol. The zero-order chi connectivity index (χ0) is 25.2. The van der Waals surface area contributed by atoms with Crippen molar-refractivity contribution >= 4 is 29.0 Å². The van der Waals surface area contributed by atoms with E-state index < -0.39 is 23.2 Å². The number of amides is 2. The third-order valence-corrected chi connectivity index (χ3v) is 6.68. The van der Waals surface area contributed by atoms with Crippen LogP contribution in [0.5, 0.6) is 0 Å². The molecule has 10 heteroatoms. The fourth-order valence-electron chi connectivity index (χ4n) is 4.42. The highest BCUT2D eigenvalue weighted by molar-refractivity contribution is 6.04. The van der Waals surface area contributed by atoms with E-state index in [-0.39, 0.29) is 23.3 Å². The van der Waals surface area contributed by atoms with Gasteiger partial charge in [0.05, 0.1) is 22.5 Å². The number of aromatic nitrogens is 1. The number of anilines is 2. The van der Waals surface area contributed by atoms with Crippen molar-refractivity contribution in [3.05, 3.63) is 53.6 Å². The molecule has 2 aliphatic rings. The first-order valence-electron chi connectivity index (χ1n) is 11.8. The van der Waals surface area contributed by atoms with Gasteiger partial charge in [0.1, 0.15) is 17.5 Å². The highest BCUT2D eigenvalue weighted by Crippen LogP contribution is 2.36. The van der Waals surface area contributed by atoms with E-state index in [1.54, 1.807) is 12.1 Å². The van der Waals surface area contributed by atoms with Crippen molar-refractivity contribution in [1.82, 2.24) is 15.6 Å². The van der Waals surface area contributed by atoms with Crippen molar-refractivity contribution in [3.63, 3.8) is 0 Å². The molecule has 1 aromatic heterocycles. The van der Waals surface area contributed by atoms with Gasteiger partial charge in [-0.2, -0.15) is 0 Å². The Balaban J connectivity index is 1.30. The van der Waals surface area contributed by atoms with E-state index in [4.69, 9.17) is 5.73 Å². The number of piperidine rings is 1. The molecule has 2 amide bonds. The van der Waals surface area contributed by atoms with Gasteiger partial charge in [-0.15, -0.1) is 0 Å². The molecular formula is C25H30FN5O4. The molecule has 1 aliphatic carbocycles. The Labute approximate surface area is 202 Å². The molecule has 1 unspecified atom stereocenters. The highest BCUT2D eigenvalue weighted by atomic mass is 19.1. The normalized spacial score (nSPS) is 18.0. The second kappa shape index (κ2) is 9.99. The number of Topliss-reactive ketones (excluding diaryl/α,β-unsaturated/α-hetero) is 1. The van der Waals surface area contributed by atoms with E-state index in [9.17, 15) is 23.9 Å². The average molecular weight is 484 g/mol. The predicted molar refractivity (Wildman–Crippen MR) is 128 cm³/mol. The number of carbonyl (C=O) groups excluding carboxylic acids is 3. The number of rotatable bonds is 8. The SMILES string of the molecule is CC(O)C(=O)c1c(F)cccc1N1CCC(CNC(=O)C2(NC(=O)c3cncc(N)c3)CC2)CC1. The molecule has 4 rings (SSSR count). The number of hydrogen-bond acceptors (Lipinski definition) is 7. The van der Waals surface area contributed by atoms with E-state index in [2.05, 4.69) is 15.6 Å². The number of aliphatic hydroxyl groups excluding tert-OH is 1. The van der Waals surface area contributed by atoms with Gasteiger partial charge in [0.15, 0.2) is 5.78 Å².